The zero-order valence-corrected chi connectivity index (χ0v) is 14.7. The molecule has 1 unspecified atom stereocenters. The van der Waals surface area contributed by atoms with Gasteiger partial charge in [0.1, 0.15) is 0 Å². The number of rotatable bonds is 4. The number of aromatic nitrogens is 1. The summed E-state index contributed by atoms with van der Waals surface area (Å²) in [5.41, 5.74) is 10.2. The van der Waals surface area contributed by atoms with E-state index in [0.29, 0.717) is 0 Å². The zero-order chi connectivity index (χ0) is 17.3. The third-order valence-electron chi connectivity index (χ3n) is 5.11. The molecule has 2 N–H and O–H groups in total. The second-order valence-corrected chi connectivity index (χ2v) is 6.50. The molecule has 0 aliphatic carbocycles. The smallest absolute Gasteiger partial charge is 0.234 e. The fourth-order valence-electron chi connectivity index (χ4n) is 3.65. The Labute approximate surface area is 143 Å². The van der Waals surface area contributed by atoms with Crippen molar-refractivity contribution in [3.05, 3.63) is 35.5 Å². The summed E-state index contributed by atoms with van der Waals surface area (Å²) in [6.45, 7) is 9.68. The number of benzene rings is 1. The Kier molecular flexibility index (Phi) is 4.71. The van der Waals surface area contributed by atoms with E-state index < -0.39 is 0 Å². The molecule has 2 aromatic rings. The number of nitrogens with zero attached hydrogens (tertiary/aromatic N) is 3. The maximum absolute atomic E-state index is 11.4. The number of carbonyl (C=O) groups excluding carboxylic acids is 1. The van der Waals surface area contributed by atoms with E-state index in [0.717, 1.165) is 43.8 Å². The minimum absolute atomic E-state index is 0.200. The maximum atomic E-state index is 11.4. The molecule has 1 aliphatic rings. The SMILES string of the molecule is CCc1c(C)nc2ccccc2c1N1CCN(C(C)C(N)=O)CC1. The second kappa shape index (κ2) is 6.77. The summed E-state index contributed by atoms with van der Waals surface area (Å²) in [6, 6.07) is 8.16. The van der Waals surface area contributed by atoms with Crippen LogP contribution in [0.5, 0.6) is 0 Å². The number of carbonyl (C=O) groups is 1. The van der Waals surface area contributed by atoms with E-state index in [1.165, 1.54) is 16.6 Å². The van der Waals surface area contributed by atoms with Crippen LogP contribution >= 0.6 is 0 Å². The minimum Gasteiger partial charge on any atom is -0.368 e. The Morgan fingerprint density at radius 2 is 1.92 bits per heavy atom. The van der Waals surface area contributed by atoms with Crippen LogP contribution in [0.2, 0.25) is 0 Å². The molecule has 5 nitrogen and oxygen atoms in total. The van der Waals surface area contributed by atoms with Crippen LogP contribution in [-0.4, -0.2) is 48.0 Å². The van der Waals surface area contributed by atoms with Crippen molar-refractivity contribution >= 4 is 22.5 Å². The van der Waals surface area contributed by atoms with Crippen LogP contribution in [0.25, 0.3) is 10.9 Å². The highest BCUT2D eigenvalue weighted by Crippen LogP contribution is 2.33. The second-order valence-electron chi connectivity index (χ2n) is 6.50. The van der Waals surface area contributed by atoms with Crippen LogP contribution < -0.4 is 10.6 Å². The van der Waals surface area contributed by atoms with Gasteiger partial charge in [-0.15, -0.1) is 0 Å². The summed E-state index contributed by atoms with van der Waals surface area (Å²) in [4.78, 5) is 20.8. The van der Waals surface area contributed by atoms with Gasteiger partial charge in [0.2, 0.25) is 5.91 Å². The summed E-state index contributed by atoms with van der Waals surface area (Å²) in [6.07, 6.45) is 0.969. The number of primary amides is 1. The summed E-state index contributed by atoms with van der Waals surface area (Å²) >= 11 is 0. The van der Waals surface area contributed by atoms with Crippen molar-refractivity contribution in [2.45, 2.75) is 33.2 Å². The number of para-hydroxylation sites is 1. The first kappa shape index (κ1) is 16.7. The molecule has 24 heavy (non-hydrogen) atoms. The number of aryl methyl sites for hydroxylation is 1. The number of fused-ring (bicyclic) bond motifs is 1. The lowest BCUT2D eigenvalue weighted by Crippen LogP contribution is -2.53. The van der Waals surface area contributed by atoms with Crippen LogP contribution in [0, 0.1) is 6.92 Å². The van der Waals surface area contributed by atoms with Crippen molar-refractivity contribution in [3.8, 4) is 0 Å². The Morgan fingerprint density at radius 1 is 1.25 bits per heavy atom. The third-order valence-corrected chi connectivity index (χ3v) is 5.11. The average Bonchev–Trinajstić information content (AvgIpc) is 2.60. The van der Waals surface area contributed by atoms with E-state index in [1.54, 1.807) is 0 Å². The molecule has 1 atom stereocenters. The van der Waals surface area contributed by atoms with Crippen molar-refractivity contribution in [1.82, 2.24) is 9.88 Å². The molecule has 1 aliphatic heterocycles. The van der Waals surface area contributed by atoms with Crippen molar-refractivity contribution in [3.63, 3.8) is 0 Å². The van der Waals surface area contributed by atoms with Gasteiger partial charge in [-0.1, -0.05) is 25.1 Å². The van der Waals surface area contributed by atoms with Crippen LogP contribution in [-0.2, 0) is 11.2 Å². The highest BCUT2D eigenvalue weighted by atomic mass is 16.1. The molecule has 0 saturated carbocycles. The fourth-order valence-corrected chi connectivity index (χ4v) is 3.65. The van der Waals surface area contributed by atoms with Gasteiger partial charge in [0, 0.05) is 37.3 Å². The summed E-state index contributed by atoms with van der Waals surface area (Å²) in [5, 5.41) is 1.22. The van der Waals surface area contributed by atoms with E-state index in [4.69, 9.17) is 10.7 Å². The predicted octanol–water partition coefficient (Wildman–Crippen LogP) is 2.10. The number of hydrogen-bond donors (Lipinski definition) is 1. The van der Waals surface area contributed by atoms with E-state index in [2.05, 4.69) is 41.8 Å². The molecule has 1 amide bonds. The molecule has 5 heteroatoms. The van der Waals surface area contributed by atoms with Gasteiger partial charge >= 0.3 is 0 Å². The largest absolute Gasteiger partial charge is 0.368 e. The van der Waals surface area contributed by atoms with E-state index in [9.17, 15) is 4.79 Å². The first-order valence-corrected chi connectivity index (χ1v) is 8.69. The molecular formula is C19H26N4O. The zero-order valence-electron chi connectivity index (χ0n) is 14.7. The number of nitrogens with two attached hydrogens (primary N) is 1. The molecule has 1 saturated heterocycles. The monoisotopic (exact) mass is 326 g/mol. The number of amides is 1. The first-order valence-electron chi connectivity index (χ1n) is 8.69. The first-order chi connectivity index (χ1) is 11.5. The van der Waals surface area contributed by atoms with Crippen LogP contribution in [0.15, 0.2) is 24.3 Å². The van der Waals surface area contributed by atoms with Crippen LogP contribution in [0.4, 0.5) is 5.69 Å². The lowest BCUT2D eigenvalue weighted by Gasteiger charge is -2.39. The molecule has 2 heterocycles. The standard InChI is InChI=1S/C19H26N4O/c1-4-15-13(2)21-17-8-6-5-7-16(17)18(15)23-11-9-22(10-12-23)14(3)19(20)24/h5-8,14H,4,9-12H2,1-3H3,(H2,20,24). The van der Waals surface area contributed by atoms with Crippen molar-refractivity contribution in [2.75, 3.05) is 31.1 Å². The molecule has 1 aromatic heterocycles. The van der Waals surface area contributed by atoms with Gasteiger partial charge in [-0.25, -0.2) is 0 Å². The van der Waals surface area contributed by atoms with Crippen molar-refractivity contribution in [1.29, 1.82) is 0 Å². The van der Waals surface area contributed by atoms with Gasteiger partial charge in [-0.2, -0.15) is 0 Å². The summed E-state index contributed by atoms with van der Waals surface area (Å²) in [7, 11) is 0. The quantitative estimate of drug-likeness (QED) is 0.935. The molecule has 0 radical (unpaired) electrons. The summed E-state index contributed by atoms with van der Waals surface area (Å²) < 4.78 is 0. The Morgan fingerprint density at radius 3 is 2.54 bits per heavy atom. The Hall–Kier alpha value is -2.14. The van der Waals surface area contributed by atoms with Gasteiger partial charge in [-0.05, 0) is 31.9 Å². The maximum Gasteiger partial charge on any atom is 0.234 e. The molecule has 128 valence electrons. The highest BCUT2D eigenvalue weighted by Gasteiger charge is 2.26. The third kappa shape index (κ3) is 2.96. The van der Waals surface area contributed by atoms with Crippen LogP contribution in [0.1, 0.15) is 25.1 Å². The van der Waals surface area contributed by atoms with Crippen molar-refractivity contribution < 1.29 is 4.79 Å². The normalized spacial score (nSPS) is 17.2. The topological polar surface area (TPSA) is 62.5 Å². The Balaban J connectivity index is 1.94. The number of pyridine rings is 1. The lowest BCUT2D eigenvalue weighted by atomic mass is 10.0. The lowest BCUT2D eigenvalue weighted by molar-refractivity contribution is -0.122. The molecule has 1 aromatic carbocycles. The van der Waals surface area contributed by atoms with Gasteiger partial charge in [-0.3, -0.25) is 14.7 Å². The number of piperazine rings is 1. The van der Waals surface area contributed by atoms with Gasteiger partial charge in [0.15, 0.2) is 0 Å². The van der Waals surface area contributed by atoms with Gasteiger partial charge in [0.05, 0.1) is 17.2 Å². The number of anilines is 1. The Bertz CT molecular complexity index is 750. The van der Waals surface area contributed by atoms with Crippen LogP contribution in [0.3, 0.4) is 0 Å². The van der Waals surface area contributed by atoms with Crippen molar-refractivity contribution in [2.24, 2.45) is 5.73 Å². The molecule has 3 rings (SSSR count). The van der Waals surface area contributed by atoms with E-state index >= 15 is 0 Å². The molecular weight excluding hydrogens is 300 g/mol. The van der Waals surface area contributed by atoms with Gasteiger partial charge in [0.25, 0.3) is 0 Å². The minimum atomic E-state index is -0.247. The van der Waals surface area contributed by atoms with E-state index in [1.807, 2.05) is 13.0 Å². The fraction of sp³-hybridized carbons (Fsp3) is 0.474. The number of hydrogen-bond acceptors (Lipinski definition) is 4. The molecule has 1 fully saturated rings. The molecule has 0 spiro atoms. The van der Waals surface area contributed by atoms with E-state index in [-0.39, 0.29) is 11.9 Å². The predicted molar refractivity (Wildman–Crippen MR) is 98.3 cm³/mol. The molecule has 0 bridgehead atoms. The highest BCUT2D eigenvalue weighted by molar-refractivity contribution is 5.94. The van der Waals surface area contributed by atoms with Gasteiger partial charge < -0.3 is 10.6 Å². The summed E-state index contributed by atoms with van der Waals surface area (Å²) in [5.74, 6) is -0.247. The average molecular weight is 326 g/mol.